The molecule has 2 rings (SSSR count). The zero-order valence-corrected chi connectivity index (χ0v) is 10.3. The molecule has 1 aliphatic heterocycles. The van der Waals surface area contributed by atoms with Crippen molar-refractivity contribution in [3.63, 3.8) is 0 Å². The van der Waals surface area contributed by atoms with Gasteiger partial charge in [-0.1, -0.05) is 13.8 Å². The number of hydrogen-bond donors (Lipinski definition) is 2. The van der Waals surface area contributed by atoms with E-state index in [0.29, 0.717) is 5.92 Å². The average Bonchev–Trinajstić information content (AvgIpc) is 2.56. The van der Waals surface area contributed by atoms with Crippen molar-refractivity contribution in [1.82, 2.24) is 20.5 Å². The lowest BCUT2D eigenvalue weighted by molar-refractivity contribution is 0.460. The minimum Gasteiger partial charge on any atom is -0.317 e. The molecule has 2 heterocycles. The fourth-order valence-electron chi connectivity index (χ4n) is 2.23. The fourth-order valence-corrected chi connectivity index (χ4v) is 2.23. The van der Waals surface area contributed by atoms with Gasteiger partial charge in [0.1, 0.15) is 5.82 Å². The maximum atomic E-state index is 4.55. The van der Waals surface area contributed by atoms with Crippen molar-refractivity contribution >= 4 is 0 Å². The van der Waals surface area contributed by atoms with Crippen molar-refractivity contribution in [2.24, 2.45) is 5.92 Å². The van der Waals surface area contributed by atoms with Crippen LogP contribution in [-0.2, 0) is 6.42 Å². The van der Waals surface area contributed by atoms with Gasteiger partial charge in [-0.25, -0.2) is 4.98 Å². The molecule has 1 aliphatic rings. The first-order valence-electron chi connectivity index (χ1n) is 6.37. The molecule has 0 radical (unpaired) electrons. The van der Waals surface area contributed by atoms with Crippen LogP contribution in [0.4, 0.5) is 0 Å². The summed E-state index contributed by atoms with van der Waals surface area (Å²) in [5, 5.41) is 10.8. The van der Waals surface area contributed by atoms with Crippen molar-refractivity contribution in [3.8, 4) is 0 Å². The molecule has 0 spiro atoms. The molecule has 90 valence electrons. The van der Waals surface area contributed by atoms with Gasteiger partial charge in [-0.05, 0) is 38.3 Å². The normalized spacial score (nSPS) is 22.3. The highest BCUT2D eigenvalue weighted by molar-refractivity contribution is 4.96. The number of nitrogens with one attached hydrogen (secondary N) is 2. The molecule has 2 N–H and O–H groups in total. The Kier molecular flexibility index (Phi) is 3.93. The lowest BCUT2D eigenvalue weighted by Gasteiger charge is -2.10. The Balaban J connectivity index is 1.91. The minimum atomic E-state index is 0.417. The summed E-state index contributed by atoms with van der Waals surface area (Å²) in [5.74, 6) is 3.20. The van der Waals surface area contributed by atoms with Crippen LogP contribution >= 0.6 is 0 Å². The molecule has 1 saturated heterocycles. The summed E-state index contributed by atoms with van der Waals surface area (Å²) >= 11 is 0. The number of rotatable bonds is 3. The Labute approximate surface area is 97.2 Å². The van der Waals surface area contributed by atoms with Gasteiger partial charge in [-0.3, -0.25) is 5.10 Å². The minimum absolute atomic E-state index is 0.417. The van der Waals surface area contributed by atoms with E-state index in [9.17, 15) is 0 Å². The van der Waals surface area contributed by atoms with Gasteiger partial charge in [0.05, 0.1) is 0 Å². The van der Waals surface area contributed by atoms with Gasteiger partial charge in [0.25, 0.3) is 0 Å². The van der Waals surface area contributed by atoms with Crippen LogP contribution in [0.1, 0.15) is 50.7 Å². The van der Waals surface area contributed by atoms with Crippen molar-refractivity contribution in [1.29, 1.82) is 0 Å². The Morgan fingerprint density at radius 1 is 1.31 bits per heavy atom. The van der Waals surface area contributed by atoms with Crippen LogP contribution in [-0.4, -0.2) is 28.3 Å². The Hall–Kier alpha value is -0.900. The second-order valence-electron chi connectivity index (χ2n) is 5.05. The largest absolute Gasteiger partial charge is 0.317 e. The summed E-state index contributed by atoms with van der Waals surface area (Å²) in [4.78, 5) is 4.55. The highest BCUT2D eigenvalue weighted by Crippen LogP contribution is 2.18. The summed E-state index contributed by atoms with van der Waals surface area (Å²) in [7, 11) is 0. The zero-order chi connectivity index (χ0) is 11.4. The third-order valence-corrected chi connectivity index (χ3v) is 3.24. The molecule has 4 heteroatoms. The molecule has 16 heavy (non-hydrogen) atoms. The van der Waals surface area contributed by atoms with Gasteiger partial charge in [-0.15, -0.1) is 0 Å². The molecule has 0 aliphatic carbocycles. The van der Waals surface area contributed by atoms with Gasteiger partial charge in [0, 0.05) is 12.3 Å². The smallest absolute Gasteiger partial charge is 0.153 e. The Bertz CT molecular complexity index is 311. The first-order valence-corrected chi connectivity index (χ1v) is 6.37. The molecule has 1 aromatic rings. The van der Waals surface area contributed by atoms with E-state index in [0.717, 1.165) is 30.5 Å². The van der Waals surface area contributed by atoms with E-state index >= 15 is 0 Å². The zero-order valence-electron chi connectivity index (χ0n) is 10.3. The fraction of sp³-hybridized carbons (Fsp3) is 0.833. The SMILES string of the molecule is CC(C)c1n[nH]c(CC2CCCNCC2)n1. The first-order chi connectivity index (χ1) is 7.75. The number of nitrogens with zero attached hydrogens (tertiary/aromatic N) is 2. The second-order valence-corrected chi connectivity index (χ2v) is 5.05. The van der Waals surface area contributed by atoms with E-state index in [1.807, 2.05) is 0 Å². The predicted octanol–water partition coefficient (Wildman–Crippen LogP) is 1.86. The van der Waals surface area contributed by atoms with Crippen LogP contribution in [0.3, 0.4) is 0 Å². The van der Waals surface area contributed by atoms with Crippen LogP contribution in [0.5, 0.6) is 0 Å². The second kappa shape index (κ2) is 5.43. The molecular formula is C12H22N4. The Morgan fingerprint density at radius 3 is 2.94 bits per heavy atom. The molecular weight excluding hydrogens is 200 g/mol. The van der Waals surface area contributed by atoms with Crippen LogP contribution in [0.2, 0.25) is 0 Å². The van der Waals surface area contributed by atoms with E-state index in [1.54, 1.807) is 0 Å². The summed E-state index contributed by atoms with van der Waals surface area (Å²) in [6.45, 7) is 6.57. The number of hydrogen-bond acceptors (Lipinski definition) is 3. The molecule has 1 aromatic heterocycles. The quantitative estimate of drug-likeness (QED) is 0.820. The third-order valence-electron chi connectivity index (χ3n) is 3.24. The molecule has 1 atom stereocenters. The van der Waals surface area contributed by atoms with Crippen LogP contribution in [0, 0.1) is 5.92 Å². The predicted molar refractivity (Wildman–Crippen MR) is 64.4 cm³/mol. The highest BCUT2D eigenvalue weighted by atomic mass is 15.2. The summed E-state index contributed by atoms with van der Waals surface area (Å²) in [5.41, 5.74) is 0. The molecule has 0 saturated carbocycles. The number of aromatic nitrogens is 3. The summed E-state index contributed by atoms with van der Waals surface area (Å²) in [6.07, 6.45) is 4.92. The third kappa shape index (κ3) is 3.04. The van der Waals surface area contributed by atoms with Crippen LogP contribution in [0.15, 0.2) is 0 Å². The van der Waals surface area contributed by atoms with Crippen LogP contribution < -0.4 is 5.32 Å². The van der Waals surface area contributed by atoms with Gasteiger partial charge in [-0.2, -0.15) is 5.10 Å². The Morgan fingerprint density at radius 2 is 2.19 bits per heavy atom. The molecule has 0 bridgehead atoms. The lowest BCUT2D eigenvalue weighted by atomic mass is 9.97. The van der Waals surface area contributed by atoms with E-state index < -0.39 is 0 Å². The van der Waals surface area contributed by atoms with E-state index in [2.05, 4.69) is 34.3 Å². The molecule has 0 amide bonds. The maximum Gasteiger partial charge on any atom is 0.153 e. The van der Waals surface area contributed by atoms with Crippen LogP contribution in [0.25, 0.3) is 0 Å². The topological polar surface area (TPSA) is 53.6 Å². The van der Waals surface area contributed by atoms with Crippen molar-refractivity contribution in [3.05, 3.63) is 11.6 Å². The average molecular weight is 222 g/mol. The molecule has 1 unspecified atom stereocenters. The standard InChI is InChI=1S/C12H22N4/c1-9(2)12-14-11(15-16-12)8-10-4-3-6-13-7-5-10/h9-10,13H,3-8H2,1-2H3,(H,14,15,16). The summed E-state index contributed by atoms with van der Waals surface area (Å²) in [6, 6.07) is 0. The lowest BCUT2D eigenvalue weighted by Crippen LogP contribution is -2.14. The maximum absolute atomic E-state index is 4.55. The monoisotopic (exact) mass is 222 g/mol. The van der Waals surface area contributed by atoms with Gasteiger partial charge in [0.15, 0.2) is 5.82 Å². The van der Waals surface area contributed by atoms with E-state index in [-0.39, 0.29) is 0 Å². The van der Waals surface area contributed by atoms with Gasteiger partial charge < -0.3 is 5.32 Å². The van der Waals surface area contributed by atoms with Crippen molar-refractivity contribution in [2.45, 2.75) is 45.4 Å². The van der Waals surface area contributed by atoms with Crippen molar-refractivity contribution < 1.29 is 0 Å². The highest BCUT2D eigenvalue weighted by Gasteiger charge is 2.15. The van der Waals surface area contributed by atoms with E-state index in [4.69, 9.17) is 0 Å². The first kappa shape index (κ1) is 11.6. The van der Waals surface area contributed by atoms with Gasteiger partial charge in [0.2, 0.25) is 0 Å². The summed E-state index contributed by atoms with van der Waals surface area (Å²) < 4.78 is 0. The number of H-pyrrole nitrogens is 1. The number of aromatic amines is 1. The van der Waals surface area contributed by atoms with Gasteiger partial charge >= 0.3 is 0 Å². The molecule has 1 fully saturated rings. The van der Waals surface area contributed by atoms with Crippen molar-refractivity contribution in [2.75, 3.05) is 13.1 Å². The van der Waals surface area contributed by atoms with E-state index in [1.165, 1.54) is 25.8 Å². The molecule has 4 nitrogen and oxygen atoms in total. The molecule has 0 aromatic carbocycles.